The van der Waals surface area contributed by atoms with E-state index in [2.05, 4.69) is 5.32 Å². The average Bonchev–Trinajstić information content (AvgIpc) is 2.22. The van der Waals surface area contributed by atoms with Crippen LogP contribution in [0.25, 0.3) is 0 Å². The average molecular weight is 292 g/mol. The van der Waals surface area contributed by atoms with E-state index in [9.17, 15) is 9.59 Å². The number of rotatable bonds is 6. The standard InChI is InChI=1S/C12H24N2O4S/c1-11(2,3)18-10(16)14-12(4,9(13)15)8(17-5)7-19-6/h8H,7H2,1-6H3,(H2,13,15)(H,14,16)/t8?,12-/m0/s1. The Bertz CT molecular complexity index is 330. The van der Waals surface area contributed by atoms with Gasteiger partial charge in [-0.2, -0.15) is 11.8 Å². The predicted molar refractivity (Wildman–Crippen MR) is 76.1 cm³/mol. The minimum Gasteiger partial charge on any atom is -0.444 e. The summed E-state index contributed by atoms with van der Waals surface area (Å²) in [7, 11) is 1.47. The summed E-state index contributed by atoms with van der Waals surface area (Å²) in [5, 5.41) is 2.51. The van der Waals surface area contributed by atoms with Gasteiger partial charge in [-0.1, -0.05) is 0 Å². The number of hydrogen-bond donors (Lipinski definition) is 2. The lowest BCUT2D eigenvalue weighted by Gasteiger charge is -2.35. The second-order valence-corrected chi connectivity index (χ2v) is 6.28. The third-order valence-corrected chi connectivity index (χ3v) is 3.16. The molecule has 1 unspecified atom stereocenters. The summed E-state index contributed by atoms with van der Waals surface area (Å²) in [6, 6.07) is 0. The molecule has 0 aliphatic carbocycles. The summed E-state index contributed by atoms with van der Waals surface area (Å²) in [5.74, 6) is -0.148. The highest BCUT2D eigenvalue weighted by Gasteiger charge is 2.42. The maximum absolute atomic E-state index is 11.8. The molecule has 7 heteroatoms. The van der Waals surface area contributed by atoms with Crippen LogP contribution in [-0.2, 0) is 14.3 Å². The van der Waals surface area contributed by atoms with Crippen molar-refractivity contribution in [2.75, 3.05) is 19.1 Å². The predicted octanol–water partition coefficient (Wildman–Crippen LogP) is 1.13. The summed E-state index contributed by atoms with van der Waals surface area (Å²) < 4.78 is 10.4. The number of methoxy groups -OCH3 is 1. The SMILES string of the molecule is COC(CSC)[C@](C)(NC(=O)OC(C)(C)C)C(N)=O. The second kappa shape index (κ2) is 7.00. The minimum absolute atomic E-state index is 0.520. The lowest BCUT2D eigenvalue weighted by atomic mass is 9.95. The topological polar surface area (TPSA) is 90.7 Å². The van der Waals surface area contributed by atoms with Crippen molar-refractivity contribution in [2.45, 2.75) is 44.9 Å². The molecule has 0 rings (SSSR count). The van der Waals surface area contributed by atoms with E-state index >= 15 is 0 Å². The fourth-order valence-electron chi connectivity index (χ4n) is 1.44. The van der Waals surface area contributed by atoms with Gasteiger partial charge >= 0.3 is 6.09 Å². The molecular weight excluding hydrogens is 268 g/mol. The van der Waals surface area contributed by atoms with Crippen LogP contribution in [0.1, 0.15) is 27.7 Å². The lowest BCUT2D eigenvalue weighted by Crippen LogP contribution is -2.64. The minimum atomic E-state index is -1.32. The summed E-state index contributed by atoms with van der Waals surface area (Å²) in [6.45, 7) is 6.75. The third kappa shape index (κ3) is 5.69. The van der Waals surface area contributed by atoms with Crippen molar-refractivity contribution in [1.29, 1.82) is 0 Å². The summed E-state index contributed by atoms with van der Waals surface area (Å²) in [5.41, 5.74) is 3.42. The molecule has 3 N–H and O–H groups in total. The van der Waals surface area contributed by atoms with Gasteiger partial charge in [-0.25, -0.2) is 4.79 Å². The number of hydrogen-bond acceptors (Lipinski definition) is 5. The van der Waals surface area contributed by atoms with E-state index in [0.717, 1.165) is 0 Å². The van der Waals surface area contributed by atoms with E-state index in [1.807, 2.05) is 6.26 Å². The molecule has 0 saturated carbocycles. The molecule has 0 spiro atoms. The number of primary amides is 1. The number of amides is 2. The summed E-state index contributed by atoms with van der Waals surface area (Å²) >= 11 is 1.49. The number of alkyl carbamates (subject to hydrolysis) is 1. The first-order valence-electron chi connectivity index (χ1n) is 5.89. The van der Waals surface area contributed by atoms with E-state index in [4.69, 9.17) is 15.2 Å². The van der Waals surface area contributed by atoms with Crippen LogP contribution >= 0.6 is 11.8 Å². The second-order valence-electron chi connectivity index (χ2n) is 5.37. The largest absolute Gasteiger partial charge is 0.444 e. The van der Waals surface area contributed by atoms with Gasteiger partial charge in [0.05, 0.1) is 6.10 Å². The van der Waals surface area contributed by atoms with Crippen molar-refractivity contribution in [3.8, 4) is 0 Å². The fourth-order valence-corrected chi connectivity index (χ4v) is 2.21. The molecule has 0 fully saturated rings. The zero-order valence-corrected chi connectivity index (χ0v) is 13.2. The van der Waals surface area contributed by atoms with Crippen LogP contribution in [0.3, 0.4) is 0 Å². The molecule has 0 aliphatic heterocycles. The summed E-state index contributed by atoms with van der Waals surface area (Å²) in [6.07, 6.45) is 0.644. The van der Waals surface area contributed by atoms with Crippen LogP contribution in [0.2, 0.25) is 0 Å². The number of nitrogens with one attached hydrogen (secondary N) is 1. The van der Waals surface area contributed by atoms with E-state index < -0.39 is 29.2 Å². The number of carbonyl (C=O) groups excluding carboxylic acids is 2. The Morgan fingerprint density at radius 1 is 1.32 bits per heavy atom. The van der Waals surface area contributed by atoms with Gasteiger partial charge in [-0.05, 0) is 34.0 Å². The monoisotopic (exact) mass is 292 g/mol. The molecule has 2 atom stereocenters. The van der Waals surface area contributed by atoms with Crippen LogP contribution < -0.4 is 11.1 Å². The Morgan fingerprint density at radius 3 is 2.16 bits per heavy atom. The molecular formula is C12H24N2O4S. The molecule has 0 radical (unpaired) electrons. The van der Waals surface area contributed by atoms with Gasteiger partial charge in [-0.3, -0.25) is 4.79 Å². The van der Waals surface area contributed by atoms with Gasteiger partial charge in [0.25, 0.3) is 0 Å². The zero-order chi connectivity index (χ0) is 15.3. The van der Waals surface area contributed by atoms with E-state index in [0.29, 0.717) is 5.75 Å². The van der Waals surface area contributed by atoms with Crippen molar-refractivity contribution in [3.63, 3.8) is 0 Å². The van der Waals surface area contributed by atoms with Gasteiger partial charge < -0.3 is 20.5 Å². The van der Waals surface area contributed by atoms with Crippen molar-refractivity contribution < 1.29 is 19.1 Å². The Labute approximate surface area is 118 Å². The quantitative estimate of drug-likeness (QED) is 0.766. The van der Waals surface area contributed by atoms with Crippen molar-refractivity contribution >= 4 is 23.8 Å². The molecule has 0 aromatic carbocycles. The van der Waals surface area contributed by atoms with Crippen LogP contribution in [0.15, 0.2) is 0 Å². The molecule has 0 saturated heterocycles. The number of thioether (sulfide) groups is 1. The zero-order valence-electron chi connectivity index (χ0n) is 12.4. The first-order chi connectivity index (χ1) is 8.56. The molecule has 0 aromatic rings. The van der Waals surface area contributed by atoms with Crippen LogP contribution in [0.4, 0.5) is 4.79 Å². The van der Waals surface area contributed by atoms with E-state index in [-0.39, 0.29) is 0 Å². The van der Waals surface area contributed by atoms with Crippen LogP contribution in [0, 0.1) is 0 Å². The highest BCUT2D eigenvalue weighted by molar-refractivity contribution is 7.98. The van der Waals surface area contributed by atoms with Crippen LogP contribution in [-0.4, -0.2) is 48.4 Å². The van der Waals surface area contributed by atoms with Crippen molar-refractivity contribution in [1.82, 2.24) is 5.32 Å². The summed E-state index contributed by atoms with van der Waals surface area (Å²) in [4.78, 5) is 23.5. The molecule has 2 amide bonds. The van der Waals surface area contributed by atoms with Gasteiger partial charge in [0.1, 0.15) is 11.1 Å². The highest BCUT2D eigenvalue weighted by atomic mass is 32.2. The highest BCUT2D eigenvalue weighted by Crippen LogP contribution is 2.18. The molecule has 19 heavy (non-hydrogen) atoms. The Hall–Kier alpha value is -0.950. The van der Waals surface area contributed by atoms with Gasteiger partial charge in [0.2, 0.25) is 5.91 Å². The van der Waals surface area contributed by atoms with E-state index in [1.54, 1.807) is 20.8 Å². The first-order valence-corrected chi connectivity index (χ1v) is 7.29. The Kier molecular flexibility index (Phi) is 6.65. The third-order valence-electron chi connectivity index (χ3n) is 2.52. The molecule has 0 bridgehead atoms. The smallest absolute Gasteiger partial charge is 0.408 e. The maximum Gasteiger partial charge on any atom is 0.408 e. The van der Waals surface area contributed by atoms with E-state index in [1.165, 1.54) is 25.8 Å². The maximum atomic E-state index is 11.8. The van der Waals surface area contributed by atoms with Gasteiger partial charge in [0.15, 0.2) is 0 Å². The molecule has 112 valence electrons. The molecule has 0 aliphatic rings. The molecule has 0 heterocycles. The van der Waals surface area contributed by atoms with Gasteiger partial charge in [-0.15, -0.1) is 0 Å². The van der Waals surface area contributed by atoms with Gasteiger partial charge in [0, 0.05) is 12.9 Å². The fraction of sp³-hybridized carbons (Fsp3) is 0.833. The number of nitrogens with two attached hydrogens (primary N) is 1. The lowest BCUT2D eigenvalue weighted by molar-refractivity contribution is -0.128. The van der Waals surface area contributed by atoms with Crippen molar-refractivity contribution in [2.24, 2.45) is 5.73 Å². The van der Waals surface area contributed by atoms with Crippen molar-refractivity contribution in [3.05, 3.63) is 0 Å². The Morgan fingerprint density at radius 2 is 1.84 bits per heavy atom. The number of carbonyl (C=O) groups is 2. The Balaban J connectivity index is 4.99. The van der Waals surface area contributed by atoms with Crippen LogP contribution in [0.5, 0.6) is 0 Å². The first kappa shape index (κ1) is 18.0. The number of ether oxygens (including phenoxy) is 2. The molecule has 0 aromatic heterocycles. The molecule has 6 nitrogen and oxygen atoms in total. The normalized spacial score (nSPS) is 16.3.